The number of hydrogen-bond acceptors (Lipinski definition) is 2. The average molecular weight is 276 g/mol. The lowest BCUT2D eigenvalue weighted by molar-refractivity contribution is -0.138. The van der Waals surface area contributed by atoms with Crippen molar-refractivity contribution in [3.05, 3.63) is 29.1 Å². The van der Waals surface area contributed by atoms with Gasteiger partial charge in [0.25, 0.3) is 6.43 Å². The maximum atomic E-state index is 13.4. The fraction of sp³-hybridized carbons (Fsp3) is 0.462. The van der Waals surface area contributed by atoms with Crippen molar-refractivity contribution < 1.29 is 27.8 Å². The van der Waals surface area contributed by atoms with Gasteiger partial charge in [-0.1, -0.05) is 13.8 Å². The lowest BCUT2D eigenvalue weighted by atomic mass is 9.80. The van der Waals surface area contributed by atoms with E-state index in [4.69, 9.17) is 9.84 Å². The highest BCUT2D eigenvalue weighted by molar-refractivity contribution is 5.69. The second-order valence-electron chi connectivity index (χ2n) is 4.83. The van der Waals surface area contributed by atoms with Crippen molar-refractivity contribution in [2.45, 2.75) is 32.1 Å². The first-order valence-corrected chi connectivity index (χ1v) is 5.57. The van der Waals surface area contributed by atoms with E-state index >= 15 is 0 Å². The van der Waals surface area contributed by atoms with Crippen molar-refractivity contribution in [3.8, 4) is 5.75 Å². The number of ether oxygens (including phenoxy) is 1. The molecule has 0 aliphatic rings. The van der Waals surface area contributed by atoms with Gasteiger partial charge in [-0.25, -0.2) is 13.2 Å². The van der Waals surface area contributed by atoms with Crippen molar-refractivity contribution in [1.29, 1.82) is 0 Å². The maximum Gasteiger partial charge on any atom is 0.304 e. The zero-order chi connectivity index (χ0) is 14.8. The molecular weight excluding hydrogens is 261 g/mol. The Bertz CT molecular complexity index is 484. The molecular formula is C13H15F3O3. The van der Waals surface area contributed by atoms with Crippen LogP contribution in [0.3, 0.4) is 0 Å². The molecule has 1 N–H and O–H groups in total. The summed E-state index contributed by atoms with van der Waals surface area (Å²) in [5.74, 6) is -2.11. The Morgan fingerprint density at radius 1 is 1.42 bits per heavy atom. The number of rotatable bonds is 5. The van der Waals surface area contributed by atoms with Crippen LogP contribution in [0.2, 0.25) is 0 Å². The monoisotopic (exact) mass is 276 g/mol. The zero-order valence-electron chi connectivity index (χ0n) is 10.8. The Balaban J connectivity index is 3.45. The largest absolute Gasteiger partial charge is 0.496 e. The highest BCUT2D eigenvalue weighted by Crippen LogP contribution is 2.40. The van der Waals surface area contributed by atoms with Crippen LogP contribution in [0.4, 0.5) is 13.2 Å². The summed E-state index contributed by atoms with van der Waals surface area (Å²) in [6.45, 7) is 3.07. The van der Waals surface area contributed by atoms with Gasteiger partial charge in [-0.05, 0) is 12.1 Å². The molecule has 0 amide bonds. The van der Waals surface area contributed by atoms with Crippen LogP contribution in [0.1, 0.15) is 37.8 Å². The number of alkyl halides is 2. The predicted molar refractivity (Wildman–Crippen MR) is 63.2 cm³/mol. The summed E-state index contributed by atoms with van der Waals surface area (Å²) in [5.41, 5.74) is -1.48. The summed E-state index contributed by atoms with van der Waals surface area (Å²) in [5, 5.41) is 8.84. The topological polar surface area (TPSA) is 46.5 Å². The summed E-state index contributed by atoms with van der Waals surface area (Å²) in [7, 11) is 1.19. The molecule has 0 aliphatic heterocycles. The molecule has 0 radical (unpaired) electrons. The number of hydrogen-bond donors (Lipinski definition) is 1. The molecule has 0 heterocycles. The molecule has 0 atom stereocenters. The van der Waals surface area contributed by atoms with Gasteiger partial charge in [-0.2, -0.15) is 0 Å². The Kier molecular flexibility index (Phi) is 4.44. The van der Waals surface area contributed by atoms with Crippen LogP contribution < -0.4 is 4.74 Å². The molecule has 0 saturated carbocycles. The molecule has 106 valence electrons. The zero-order valence-corrected chi connectivity index (χ0v) is 10.8. The first-order chi connectivity index (χ1) is 8.69. The van der Waals surface area contributed by atoms with E-state index < -0.39 is 29.2 Å². The molecule has 0 spiro atoms. The third-order valence-electron chi connectivity index (χ3n) is 2.84. The van der Waals surface area contributed by atoms with Gasteiger partial charge >= 0.3 is 5.97 Å². The molecule has 0 saturated heterocycles. The number of halogens is 3. The van der Waals surface area contributed by atoms with E-state index in [9.17, 15) is 18.0 Å². The van der Waals surface area contributed by atoms with Gasteiger partial charge in [0.05, 0.1) is 19.1 Å². The lowest BCUT2D eigenvalue weighted by Crippen LogP contribution is -2.23. The molecule has 0 unspecified atom stereocenters. The van der Waals surface area contributed by atoms with Gasteiger partial charge in [0, 0.05) is 11.0 Å². The molecule has 0 bridgehead atoms. The molecule has 0 aromatic heterocycles. The quantitative estimate of drug-likeness (QED) is 0.895. The minimum Gasteiger partial charge on any atom is -0.496 e. The molecule has 0 fully saturated rings. The van der Waals surface area contributed by atoms with E-state index in [1.54, 1.807) is 0 Å². The van der Waals surface area contributed by atoms with Crippen LogP contribution in [0.25, 0.3) is 0 Å². The van der Waals surface area contributed by atoms with Crippen molar-refractivity contribution in [1.82, 2.24) is 0 Å². The second kappa shape index (κ2) is 5.50. The first-order valence-electron chi connectivity index (χ1n) is 5.57. The Labute approximate surface area is 109 Å². The summed E-state index contributed by atoms with van der Waals surface area (Å²) < 4.78 is 44.1. The summed E-state index contributed by atoms with van der Waals surface area (Å²) in [6, 6.07) is 1.73. The van der Waals surface area contributed by atoms with Gasteiger partial charge in [-0.15, -0.1) is 0 Å². The predicted octanol–water partition coefficient (Wildman–Crippen LogP) is 3.52. The molecule has 1 rings (SSSR count). The van der Waals surface area contributed by atoms with Crippen molar-refractivity contribution in [3.63, 3.8) is 0 Å². The first kappa shape index (κ1) is 15.3. The fourth-order valence-electron chi connectivity index (χ4n) is 1.98. The van der Waals surface area contributed by atoms with E-state index in [-0.39, 0.29) is 17.7 Å². The van der Waals surface area contributed by atoms with Crippen LogP contribution >= 0.6 is 0 Å². The number of carbonyl (C=O) groups is 1. The molecule has 0 aliphatic carbocycles. The number of aliphatic carboxylic acids is 1. The van der Waals surface area contributed by atoms with Gasteiger partial charge < -0.3 is 9.84 Å². The molecule has 1 aromatic rings. The Morgan fingerprint density at radius 2 is 2.00 bits per heavy atom. The molecule has 6 heteroatoms. The molecule has 19 heavy (non-hydrogen) atoms. The highest BCUT2D eigenvalue weighted by atomic mass is 19.3. The number of benzene rings is 1. The Hall–Kier alpha value is -1.72. The van der Waals surface area contributed by atoms with E-state index in [2.05, 4.69) is 0 Å². The van der Waals surface area contributed by atoms with Crippen LogP contribution in [0.5, 0.6) is 5.75 Å². The average Bonchev–Trinajstić information content (AvgIpc) is 2.25. The Morgan fingerprint density at radius 3 is 2.42 bits per heavy atom. The van der Waals surface area contributed by atoms with Gasteiger partial charge in [0.15, 0.2) is 0 Å². The second-order valence-corrected chi connectivity index (χ2v) is 4.83. The number of carboxylic acids is 1. The van der Waals surface area contributed by atoms with Crippen molar-refractivity contribution in [2.24, 2.45) is 0 Å². The third kappa shape index (κ3) is 3.39. The van der Waals surface area contributed by atoms with Crippen LogP contribution in [0, 0.1) is 5.82 Å². The molecule has 1 aromatic carbocycles. The number of methoxy groups -OCH3 is 1. The third-order valence-corrected chi connectivity index (χ3v) is 2.84. The fourth-order valence-corrected chi connectivity index (χ4v) is 1.98. The van der Waals surface area contributed by atoms with Crippen LogP contribution in [0.15, 0.2) is 12.1 Å². The van der Waals surface area contributed by atoms with E-state index in [0.717, 1.165) is 6.07 Å². The minimum absolute atomic E-state index is 0.118. The number of carboxylic acid groups (broad SMARTS) is 1. The van der Waals surface area contributed by atoms with Gasteiger partial charge in [0.2, 0.25) is 0 Å². The van der Waals surface area contributed by atoms with E-state index in [1.807, 2.05) is 0 Å². The van der Waals surface area contributed by atoms with Crippen molar-refractivity contribution >= 4 is 5.97 Å². The lowest BCUT2D eigenvalue weighted by Gasteiger charge is -2.26. The van der Waals surface area contributed by atoms with E-state index in [0.29, 0.717) is 6.07 Å². The summed E-state index contributed by atoms with van der Waals surface area (Å²) >= 11 is 0. The summed E-state index contributed by atoms with van der Waals surface area (Å²) in [6.07, 6.45) is -3.22. The smallest absolute Gasteiger partial charge is 0.304 e. The maximum absolute atomic E-state index is 13.4. The highest BCUT2D eigenvalue weighted by Gasteiger charge is 2.31. The standard InChI is InChI=1S/C13H15F3O3/c1-13(2,6-10(17)18)9-5-7(14)4-8(12(15)16)11(9)19-3/h4-5,12H,6H2,1-3H3,(H,17,18). The van der Waals surface area contributed by atoms with Crippen LogP contribution in [-0.4, -0.2) is 18.2 Å². The van der Waals surface area contributed by atoms with Crippen molar-refractivity contribution in [2.75, 3.05) is 7.11 Å². The minimum atomic E-state index is -2.90. The van der Waals surface area contributed by atoms with Gasteiger partial charge in [0.1, 0.15) is 11.6 Å². The van der Waals surface area contributed by atoms with E-state index in [1.165, 1.54) is 21.0 Å². The normalized spacial score (nSPS) is 11.7. The van der Waals surface area contributed by atoms with Gasteiger partial charge in [-0.3, -0.25) is 4.79 Å². The SMILES string of the molecule is COc1c(C(F)F)cc(F)cc1C(C)(C)CC(=O)O. The van der Waals surface area contributed by atoms with Crippen LogP contribution in [-0.2, 0) is 10.2 Å². The molecule has 3 nitrogen and oxygen atoms in total. The summed E-state index contributed by atoms with van der Waals surface area (Å²) in [4.78, 5) is 10.8.